The number of hydrogen-bond acceptors (Lipinski definition) is 3. The van der Waals surface area contributed by atoms with Gasteiger partial charge in [0.1, 0.15) is 5.52 Å². The van der Waals surface area contributed by atoms with Gasteiger partial charge in [0, 0.05) is 6.42 Å². The predicted molar refractivity (Wildman–Crippen MR) is 94.5 cm³/mol. The van der Waals surface area contributed by atoms with Crippen LogP contribution in [0.5, 0.6) is 0 Å². The van der Waals surface area contributed by atoms with Crippen molar-refractivity contribution in [3.05, 3.63) is 36.4 Å². The molecule has 2 rings (SSSR count). The second-order valence-electron chi connectivity index (χ2n) is 5.95. The Morgan fingerprint density at radius 1 is 1.04 bits per heavy atom. The maximum absolute atomic E-state index is 12.2. The van der Waals surface area contributed by atoms with Crippen molar-refractivity contribution in [2.45, 2.75) is 64.7 Å². The number of hydrogen-bond donors (Lipinski definition) is 0. The predicted octanol–water partition coefficient (Wildman–Crippen LogP) is 5.16. The van der Waals surface area contributed by atoms with E-state index in [1.807, 2.05) is 24.3 Å². The van der Waals surface area contributed by atoms with Gasteiger partial charge in [0.2, 0.25) is 5.91 Å². The third-order valence-electron chi connectivity index (χ3n) is 3.99. The van der Waals surface area contributed by atoms with Gasteiger partial charge < -0.3 is 0 Å². The Labute approximate surface area is 138 Å². The average molecular weight is 313 g/mol. The van der Waals surface area contributed by atoms with E-state index in [2.05, 4.69) is 29.4 Å². The van der Waals surface area contributed by atoms with Crippen LogP contribution < -0.4 is 0 Å². The molecule has 4 heteroatoms. The van der Waals surface area contributed by atoms with Crippen LogP contribution in [0.4, 0.5) is 0 Å². The molecule has 1 heterocycles. The number of carbonyl (C=O) groups is 1. The van der Waals surface area contributed by atoms with Crippen molar-refractivity contribution in [2.75, 3.05) is 0 Å². The van der Waals surface area contributed by atoms with Crippen LogP contribution >= 0.6 is 0 Å². The molecule has 0 amide bonds. The summed E-state index contributed by atoms with van der Waals surface area (Å²) in [6.07, 6.45) is 14.5. The number of fused-ring (bicyclic) bond motifs is 1. The molecule has 0 saturated carbocycles. The lowest BCUT2D eigenvalue weighted by molar-refractivity contribution is 0.0887. The van der Waals surface area contributed by atoms with Crippen LogP contribution in [0.15, 0.2) is 36.4 Å². The molecule has 1 aromatic carbocycles. The largest absolute Gasteiger partial charge is 0.273 e. The summed E-state index contributed by atoms with van der Waals surface area (Å²) in [5.74, 6) is 0.0201. The zero-order valence-corrected chi connectivity index (χ0v) is 14.1. The first-order valence-electron chi connectivity index (χ1n) is 8.81. The van der Waals surface area contributed by atoms with Crippen molar-refractivity contribution in [3.8, 4) is 0 Å². The minimum absolute atomic E-state index is 0.0201. The Kier molecular flexibility index (Phi) is 7.50. The summed E-state index contributed by atoms with van der Waals surface area (Å²) < 4.78 is 1.42. The fourth-order valence-electron chi connectivity index (χ4n) is 2.63. The monoisotopic (exact) mass is 313 g/mol. The van der Waals surface area contributed by atoms with Crippen molar-refractivity contribution in [1.82, 2.24) is 15.0 Å². The first-order chi connectivity index (χ1) is 11.3. The quantitative estimate of drug-likeness (QED) is 0.449. The van der Waals surface area contributed by atoms with Crippen molar-refractivity contribution < 1.29 is 4.79 Å². The lowest BCUT2D eigenvalue weighted by Crippen LogP contribution is -2.11. The molecule has 0 saturated heterocycles. The second kappa shape index (κ2) is 9.93. The van der Waals surface area contributed by atoms with Crippen molar-refractivity contribution >= 4 is 16.9 Å². The summed E-state index contributed by atoms with van der Waals surface area (Å²) in [6.45, 7) is 2.24. The van der Waals surface area contributed by atoms with Crippen molar-refractivity contribution in [3.63, 3.8) is 0 Å². The molecule has 0 atom stereocenters. The first kappa shape index (κ1) is 17.4. The number of aromatic nitrogens is 3. The standard InChI is InChI=1S/C19H27N3O/c1-2-3-4-5-6-7-8-9-10-11-16-19(23)22-18-15-13-12-14-17(18)20-21-22/h8-9,12-15H,2-7,10-11,16H2,1H3/b9-8+. The SMILES string of the molecule is CCCCCCC/C=C/CCCC(=O)n1nnc2ccccc21. The molecule has 0 aliphatic rings. The van der Waals surface area contributed by atoms with Crippen molar-refractivity contribution in [1.29, 1.82) is 0 Å². The van der Waals surface area contributed by atoms with Gasteiger partial charge in [-0.15, -0.1) is 5.10 Å². The molecular weight excluding hydrogens is 286 g/mol. The Morgan fingerprint density at radius 3 is 2.61 bits per heavy atom. The minimum atomic E-state index is 0.0201. The van der Waals surface area contributed by atoms with Gasteiger partial charge in [-0.05, 0) is 37.8 Å². The van der Waals surface area contributed by atoms with E-state index in [0.29, 0.717) is 6.42 Å². The van der Waals surface area contributed by atoms with Crippen molar-refractivity contribution in [2.24, 2.45) is 0 Å². The van der Waals surface area contributed by atoms with Gasteiger partial charge in [0.05, 0.1) is 5.52 Å². The summed E-state index contributed by atoms with van der Waals surface area (Å²) in [4.78, 5) is 12.2. The molecule has 1 aromatic heterocycles. The van der Waals surface area contributed by atoms with Gasteiger partial charge in [0.25, 0.3) is 0 Å². The molecule has 4 nitrogen and oxygen atoms in total. The van der Waals surface area contributed by atoms with Gasteiger partial charge in [0.15, 0.2) is 0 Å². The van der Waals surface area contributed by atoms with E-state index >= 15 is 0 Å². The molecule has 0 N–H and O–H groups in total. The highest BCUT2D eigenvalue weighted by atomic mass is 16.2. The lowest BCUT2D eigenvalue weighted by Gasteiger charge is -2.00. The Bertz CT molecular complexity index is 630. The first-order valence-corrected chi connectivity index (χ1v) is 8.81. The fraction of sp³-hybridized carbons (Fsp3) is 0.526. The van der Waals surface area contributed by atoms with Gasteiger partial charge >= 0.3 is 0 Å². The number of nitrogens with zero attached hydrogens (tertiary/aromatic N) is 3. The fourth-order valence-corrected chi connectivity index (χ4v) is 2.63. The molecule has 23 heavy (non-hydrogen) atoms. The number of allylic oxidation sites excluding steroid dienone is 2. The van der Waals surface area contributed by atoms with E-state index in [1.165, 1.54) is 36.8 Å². The molecule has 0 spiro atoms. The molecule has 0 radical (unpaired) electrons. The van der Waals surface area contributed by atoms with Crippen LogP contribution in [0.25, 0.3) is 11.0 Å². The number of para-hydroxylation sites is 1. The lowest BCUT2D eigenvalue weighted by atomic mass is 10.1. The molecular formula is C19H27N3O. The third-order valence-corrected chi connectivity index (χ3v) is 3.99. The normalized spacial score (nSPS) is 11.5. The van der Waals surface area contributed by atoms with E-state index in [4.69, 9.17) is 0 Å². The van der Waals surface area contributed by atoms with Gasteiger partial charge in [-0.1, -0.05) is 62.1 Å². The van der Waals surface area contributed by atoms with Gasteiger partial charge in [-0.2, -0.15) is 4.68 Å². The third kappa shape index (κ3) is 5.62. The summed E-state index contributed by atoms with van der Waals surface area (Å²) in [6, 6.07) is 7.55. The Morgan fingerprint density at radius 2 is 1.78 bits per heavy atom. The topological polar surface area (TPSA) is 47.8 Å². The summed E-state index contributed by atoms with van der Waals surface area (Å²) in [5, 5.41) is 7.98. The number of benzene rings is 1. The zero-order chi connectivity index (χ0) is 16.3. The average Bonchev–Trinajstić information content (AvgIpc) is 3.00. The van der Waals surface area contributed by atoms with Gasteiger partial charge in [-0.25, -0.2) is 0 Å². The van der Waals surface area contributed by atoms with E-state index in [0.717, 1.165) is 30.3 Å². The van der Waals surface area contributed by atoms with Crippen LogP contribution in [0.2, 0.25) is 0 Å². The number of carbonyl (C=O) groups excluding carboxylic acids is 1. The molecule has 0 unspecified atom stereocenters. The highest BCUT2D eigenvalue weighted by Gasteiger charge is 2.10. The molecule has 0 bridgehead atoms. The van der Waals surface area contributed by atoms with Gasteiger partial charge in [-0.3, -0.25) is 4.79 Å². The van der Waals surface area contributed by atoms with E-state index < -0.39 is 0 Å². The maximum Gasteiger partial charge on any atom is 0.248 e. The summed E-state index contributed by atoms with van der Waals surface area (Å²) in [7, 11) is 0. The molecule has 2 aromatic rings. The summed E-state index contributed by atoms with van der Waals surface area (Å²) >= 11 is 0. The van der Waals surface area contributed by atoms with E-state index in [-0.39, 0.29) is 5.91 Å². The van der Waals surface area contributed by atoms with Crippen LogP contribution in [-0.2, 0) is 0 Å². The molecule has 124 valence electrons. The number of unbranched alkanes of at least 4 members (excludes halogenated alkanes) is 6. The zero-order valence-electron chi connectivity index (χ0n) is 14.1. The minimum Gasteiger partial charge on any atom is -0.273 e. The maximum atomic E-state index is 12.2. The smallest absolute Gasteiger partial charge is 0.248 e. The molecule has 0 aliphatic heterocycles. The van der Waals surface area contributed by atoms with Crippen LogP contribution in [0.1, 0.15) is 69.5 Å². The van der Waals surface area contributed by atoms with Crippen LogP contribution in [-0.4, -0.2) is 20.9 Å². The Balaban J connectivity index is 1.63. The number of rotatable bonds is 10. The molecule has 0 aliphatic carbocycles. The van der Waals surface area contributed by atoms with E-state index in [9.17, 15) is 4.79 Å². The molecule has 0 fully saturated rings. The second-order valence-corrected chi connectivity index (χ2v) is 5.95. The van der Waals surface area contributed by atoms with Crippen LogP contribution in [0.3, 0.4) is 0 Å². The van der Waals surface area contributed by atoms with Crippen LogP contribution in [0, 0.1) is 0 Å². The Hall–Kier alpha value is -1.97. The summed E-state index contributed by atoms with van der Waals surface area (Å²) in [5.41, 5.74) is 1.56. The highest BCUT2D eigenvalue weighted by molar-refractivity contribution is 5.88. The highest BCUT2D eigenvalue weighted by Crippen LogP contribution is 2.11. The van der Waals surface area contributed by atoms with E-state index in [1.54, 1.807) is 0 Å².